The zero-order chi connectivity index (χ0) is 25.5. The van der Waals surface area contributed by atoms with E-state index in [-0.39, 0.29) is 5.91 Å². The molecule has 1 amide bonds. The number of amides is 1. The van der Waals surface area contributed by atoms with Crippen LogP contribution in [0, 0.1) is 0 Å². The van der Waals surface area contributed by atoms with Gasteiger partial charge < -0.3 is 14.2 Å². The smallest absolute Gasteiger partial charge is 0.260 e. The lowest BCUT2D eigenvalue weighted by Crippen LogP contribution is -2.30. The summed E-state index contributed by atoms with van der Waals surface area (Å²) in [5.74, 6) is 1.31. The molecule has 4 aromatic rings. The van der Waals surface area contributed by atoms with E-state index in [0.717, 1.165) is 22.2 Å². The summed E-state index contributed by atoms with van der Waals surface area (Å²) in [7, 11) is 0. The molecular formula is C29H32N2O4S. The van der Waals surface area contributed by atoms with Gasteiger partial charge in [0.05, 0.1) is 36.6 Å². The molecule has 0 saturated carbocycles. The highest BCUT2D eigenvalue weighted by Gasteiger charge is 2.25. The highest BCUT2D eigenvalue weighted by molar-refractivity contribution is 7.22. The van der Waals surface area contributed by atoms with Gasteiger partial charge in [-0.25, -0.2) is 4.98 Å². The van der Waals surface area contributed by atoms with E-state index < -0.39 is 0 Å². The number of ether oxygens (including phenoxy) is 3. The van der Waals surface area contributed by atoms with Crippen molar-refractivity contribution >= 4 is 32.6 Å². The van der Waals surface area contributed by atoms with E-state index in [1.165, 1.54) is 16.9 Å². The molecule has 0 radical (unpaired) electrons. The fourth-order valence-corrected chi connectivity index (χ4v) is 4.98. The summed E-state index contributed by atoms with van der Waals surface area (Å²) in [6, 6.07) is 19.7. The van der Waals surface area contributed by atoms with E-state index in [1.54, 1.807) is 17.0 Å². The highest BCUT2D eigenvalue weighted by atomic mass is 32.1. The Morgan fingerprint density at radius 1 is 0.833 bits per heavy atom. The lowest BCUT2D eigenvalue weighted by atomic mass is 10.1. The van der Waals surface area contributed by atoms with Crippen LogP contribution in [0.1, 0.15) is 49.2 Å². The van der Waals surface area contributed by atoms with Crippen molar-refractivity contribution in [1.82, 2.24) is 4.98 Å². The lowest BCUT2D eigenvalue weighted by Gasteiger charge is -2.22. The SMILES string of the molecule is CCOc1cc(C(=O)N(Cc2ccccc2)c2nc3ccc(CC)cc3s2)cc(OCC)c1OCC. The monoisotopic (exact) mass is 504 g/mol. The third kappa shape index (κ3) is 5.62. The molecule has 0 aliphatic rings. The molecule has 0 fully saturated rings. The number of anilines is 1. The third-order valence-corrected chi connectivity index (χ3v) is 6.71. The van der Waals surface area contributed by atoms with Crippen molar-refractivity contribution in [3.05, 3.63) is 77.4 Å². The van der Waals surface area contributed by atoms with Crippen molar-refractivity contribution in [2.45, 2.75) is 40.7 Å². The molecule has 1 aromatic heterocycles. The number of hydrogen-bond acceptors (Lipinski definition) is 6. The van der Waals surface area contributed by atoms with Crippen molar-refractivity contribution < 1.29 is 19.0 Å². The van der Waals surface area contributed by atoms with Gasteiger partial charge in [-0.2, -0.15) is 0 Å². The van der Waals surface area contributed by atoms with Crippen molar-refractivity contribution in [3.63, 3.8) is 0 Å². The van der Waals surface area contributed by atoms with E-state index in [9.17, 15) is 4.79 Å². The van der Waals surface area contributed by atoms with Gasteiger partial charge in [-0.3, -0.25) is 9.69 Å². The summed E-state index contributed by atoms with van der Waals surface area (Å²) >= 11 is 1.52. The number of fused-ring (bicyclic) bond motifs is 1. The molecule has 4 rings (SSSR count). The number of nitrogens with zero attached hydrogens (tertiary/aromatic N) is 2. The van der Waals surface area contributed by atoms with Crippen molar-refractivity contribution in [2.24, 2.45) is 0 Å². The quantitative estimate of drug-likeness (QED) is 0.222. The molecule has 0 spiro atoms. The molecule has 36 heavy (non-hydrogen) atoms. The van der Waals surface area contributed by atoms with E-state index in [2.05, 4.69) is 19.1 Å². The standard InChI is InChI=1S/C29H32N2O4S/c1-5-20-14-15-23-26(16-20)36-29(30-23)31(19-21-12-10-9-11-13-21)28(32)22-17-24(33-6-2)27(35-8-4)25(18-22)34-7-3/h9-18H,5-8,19H2,1-4H3. The van der Waals surface area contributed by atoms with Crippen LogP contribution in [-0.2, 0) is 13.0 Å². The summed E-state index contributed by atoms with van der Waals surface area (Å²) in [4.78, 5) is 20.6. The summed E-state index contributed by atoms with van der Waals surface area (Å²) < 4.78 is 18.6. The number of hydrogen-bond donors (Lipinski definition) is 0. The second kappa shape index (κ2) is 11.9. The Balaban J connectivity index is 1.81. The number of thiazole rings is 1. The van der Waals surface area contributed by atoms with E-state index in [4.69, 9.17) is 19.2 Å². The number of carbonyl (C=O) groups excluding carboxylic acids is 1. The van der Waals surface area contributed by atoms with Gasteiger partial charge in [0, 0.05) is 5.56 Å². The highest BCUT2D eigenvalue weighted by Crippen LogP contribution is 2.40. The number of carbonyl (C=O) groups is 1. The summed E-state index contributed by atoms with van der Waals surface area (Å²) in [6.45, 7) is 9.56. The Kier molecular flexibility index (Phi) is 8.44. The van der Waals surface area contributed by atoms with Crippen LogP contribution in [0.15, 0.2) is 60.7 Å². The van der Waals surface area contributed by atoms with Gasteiger partial charge in [0.1, 0.15) is 0 Å². The average molecular weight is 505 g/mol. The van der Waals surface area contributed by atoms with Gasteiger partial charge in [0.2, 0.25) is 5.75 Å². The average Bonchev–Trinajstić information content (AvgIpc) is 3.32. The molecule has 3 aromatic carbocycles. The van der Waals surface area contributed by atoms with Gasteiger partial charge >= 0.3 is 0 Å². The fraction of sp³-hybridized carbons (Fsp3) is 0.310. The fourth-order valence-electron chi connectivity index (χ4n) is 3.95. The predicted molar refractivity (Wildman–Crippen MR) is 146 cm³/mol. The summed E-state index contributed by atoms with van der Waals surface area (Å²) in [5, 5.41) is 0.650. The number of benzene rings is 3. The zero-order valence-electron chi connectivity index (χ0n) is 21.2. The second-order valence-corrected chi connectivity index (χ2v) is 9.14. The third-order valence-electron chi connectivity index (χ3n) is 5.67. The van der Waals surface area contributed by atoms with Crippen LogP contribution in [0.2, 0.25) is 0 Å². The maximum Gasteiger partial charge on any atom is 0.260 e. The largest absolute Gasteiger partial charge is 0.490 e. The molecular weight excluding hydrogens is 472 g/mol. The molecule has 188 valence electrons. The van der Waals surface area contributed by atoms with E-state index in [0.29, 0.717) is 54.3 Å². The van der Waals surface area contributed by atoms with Crippen LogP contribution in [0.3, 0.4) is 0 Å². The minimum atomic E-state index is -0.182. The minimum Gasteiger partial charge on any atom is -0.490 e. The number of aryl methyl sites for hydroxylation is 1. The van der Waals surface area contributed by atoms with E-state index >= 15 is 0 Å². The first-order valence-corrected chi connectivity index (χ1v) is 13.2. The van der Waals surface area contributed by atoms with Crippen LogP contribution in [0.5, 0.6) is 17.2 Å². The zero-order valence-corrected chi connectivity index (χ0v) is 22.1. The first-order valence-electron chi connectivity index (χ1n) is 12.4. The van der Waals surface area contributed by atoms with Gasteiger partial charge in [0.25, 0.3) is 5.91 Å². The molecule has 7 heteroatoms. The Morgan fingerprint density at radius 2 is 1.50 bits per heavy atom. The molecule has 0 N–H and O–H groups in total. The molecule has 0 atom stereocenters. The van der Waals surface area contributed by atoms with Crippen molar-refractivity contribution in [2.75, 3.05) is 24.7 Å². The van der Waals surface area contributed by atoms with Crippen LogP contribution in [0.4, 0.5) is 5.13 Å². The molecule has 0 aliphatic heterocycles. The molecule has 0 saturated heterocycles. The molecule has 6 nitrogen and oxygen atoms in total. The van der Waals surface area contributed by atoms with Crippen LogP contribution < -0.4 is 19.1 Å². The number of rotatable bonds is 11. The summed E-state index contributed by atoms with van der Waals surface area (Å²) in [5.41, 5.74) is 3.60. The Morgan fingerprint density at radius 3 is 2.11 bits per heavy atom. The number of aromatic nitrogens is 1. The minimum absolute atomic E-state index is 0.182. The van der Waals surface area contributed by atoms with Gasteiger partial charge in [-0.1, -0.05) is 54.7 Å². The Hall–Kier alpha value is -3.58. The molecule has 0 unspecified atom stereocenters. The predicted octanol–water partition coefficient (Wildman–Crippen LogP) is 6.90. The van der Waals surface area contributed by atoms with Gasteiger partial charge in [-0.05, 0) is 62.6 Å². The lowest BCUT2D eigenvalue weighted by molar-refractivity contribution is 0.0984. The molecule has 1 heterocycles. The van der Waals surface area contributed by atoms with Crippen LogP contribution in [0.25, 0.3) is 10.2 Å². The van der Waals surface area contributed by atoms with Crippen LogP contribution >= 0.6 is 11.3 Å². The summed E-state index contributed by atoms with van der Waals surface area (Å²) in [6.07, 6.45) is 0.947. The van der Waals surface area contributed by atoms with Crippen molar-refractivity contribution in [3.8, 4) is 17.2 Å². The Bertz CT molecular complexity index is 1290. The molecule has 0 aliphatic carbocycles. The molecule has 0 bridgehead atoms. The van der Waals surface area contributed by atoms with Gasteiger partial charge in [-0.15, -0.1) is 0 Å². The van der Waals surface area contributed by atoms with Crippen LogP contribution in [-0.4, -0.2) is 30.7 Å². The van der Waals surface area contributed by atoms with Crippen molar-refractivity contribution in [1.29, 1.82) is 0 Å². The Labute approximate surface area is 216 Å². The maximum absolute atomic E-state index is 14.1. The topological polar surface area (TPSA) is 60.9 Å². The second-order valence-electron chi connectivity index (χ2n) is 8.13. The first kappa shape index (κ1) is 25.5. The van der Waals surface area contributed by atoms with Gasteiger partial charge in [0.15, 0.2) is 16.6 Å². The maximum atomic E-state index is 14.1. The van der Waals surface area contributed by atoms with E-state index in [1.807, 2.05) is 57.2 Å². The normalized spacial score (nSPS) is 10.9. The first-order chi connectivity index (χ1) is 17.6.